The van der Waals surface area contributed by atoms with E-state index in [1.165, 1.54) is 0 Å². The smallest absolute Gasteiger partial charge is 0.267 e. The molecule has 1 aliphatic rings. The molecule has 110 valence electrons. The molecule has 0 aromatic carbocycles. The minimum Gasteiger partial charge on any atom is -0.471 e. The zero-order valence-corrected chi connectivity index (χ0v) is 12.6. The predicted molar refractivity (Wildman–Crippen MR) is 76.4 cm³/mol. The summed E-state index contributed by atoms with van der Waals surface area (Å²) < 4.78 is 9.57. The number of rotatable bonds is 3. The van der Waals surface area contributed by atoms with Gasteiger partial charge < -0.3 is 9.64 Å². The lowest BCUT2D eigenvalue weighted by atomic mass is 10.3. The Hall–Kier alpha value is -2.09. The number of carbonyl (C=O) groups excluding carboxylic acids is 1. The van der Waals surface area contributed by atoms with Crippen LogP contribution in [0.15, 0.2) is 12.1 Å². The highest BCUT2D eigenvalue weighted by Crippen LogP contribution is 2.20. The molecule has 1 fully saturated rings. The maximum absolute atomic E-state index is 12.3. The molecule has 7 nitrogen and oxygen atoms in total. The van der Waals surface area contributed by atoms with Gasteiger partial charge in [-0.2, -0.15) is 5.10 Å². The quantitative estimate of drug-likeness (QED) is 0.848. The fourth-order valence-corrected chi connectivity index (χ4v) is 2.83. The molecule has 0 spiro atoms. The minimum atomic E-state index is -0.0489. The van der Waals surface area contributed by atoms with Crippen LogP contribution in [0.1, 0.15) is 27.5 Å². The third kappa shape index (κ3) is 2.99. The Bertz CT molecular complexity index is 642. The number of ether oxygens (including phenoxy) is 1. The van der Waals surface area contributed by atoms with Gasteiger partial charge in [-0.1, -0.05) is 4.49 Å². The number of amides is 1. The van der Waals surface area contributed by atoms with Crippen molar-refractivity contribution in [2.45, 2.75) is 26.4 Å². The Kier molecular flexibility index (Phi) is 3.78. The normalized spacial score (nSPS) is 18.0. The molecule has 0 N–H and O–H groups in total. The van der Waals surface area contributed by atoms with Crippen LogP contribution in [0.2, 0.25) is 0 Å². The van der Waals surface area contributed by atoms with Crippen LogP contribution in [0.25, 0.3) is 0 Å². The van der Waals surface area contributed by atoms with Crippen molar-refractivity contribution >= 4 is 17.4 Å². The van der Waals surface area contributed by atoms with E-state index in [1.807, 2.05) is 13.0 Å². The highest BCUT2D eigenvalue weighted by atomic mass is 32.1. The SMILES string of the molecule is Cc1ccc(O[C@@H]2CCN(C(=O)c3snnc3C)C2)nn1. The second kappa shape index (κ2) is 5.72. The molecule has 0 bridgehead atoms. The molecule has 0 radical (unpaired) electrons. The van der Waals surface area contributed by atoms with E-state index in [9.17, 15) is 4.79 Å². The van der Waals surface area contributed by atoms with E-state index in [4.69, 9.17) is 4.74 Å². The summed E-state index contributed by atoms with van der Waals surface area (Å²) in [5.41, 5.74) is 1.53. The van der Waals surface area contributed by atoms with Crippen LogP contribution in [-0.2, 0) is 0 Å². The summed E-state index contributed by atoms with van der Waals surface area (Å²) in [5.74, 6) is 0.471. The maximum atomic E-state index is 12.3. The second-order valence-electron chi connectivity index (χ2n) is 4.98. The predicted octanol–water partition coefficient (Wildman–Crippen LogP) is 1.24. The first kappa shape index (κ1) is 13.9. The molecule has 3 heterocycles. The average molecular weight is 305 g/mol. The Labute approximate surface area is 126 Å². The number of nitrogens with zero attached hydrogens (tertiary/aromatic N) is 5. The number of likely N-dealkylation sites (tertiary alicyclic amines) is 1. The fraction of sp³-hybridized carbons (Fsp3) is 0.462. The summed E-state index contributed by atoms with van der Waals surface area (Å²) in [6, 6.07) is 3.65. The van der Waals surface area contributed by atoms with Crippen LogP contribution >= 0.6 is 11.5 Å². The summed E-state index contributed by atoms with van der Waals surface area (Å²) >= 11 is 1.14. The van der Waals surface area contributed by atoms with E-state index in [0.29, 0.717) is 29.5 Å². The van der Waals surface area contributed by atoms with Gasteiger partial charge in [0, 0.05) is 19.0 Å². The van der Waals surface area contributed by atoms with Crippen LogP contribution in [0, 0.1) is 13.8 Å². The van der Waals surface area contributed by atoms with Gasteiger partial charge in [-0.25, -0.2) is 0 Å². The van der Waals surface area contributed by atoms with Gasteiger partial charge in [-0.05, 0) is 31.4 Å². The number of hydrogen-bond donors (Lipinski definition) is 0. The van der Waals surface area contributed by atoms with Gasteiger partial charge in [-0.15, -0.1) is 10.2 Å². The van der Waals surface area contributed by atoms with E-state index in [1.54, 1.807) is 17.9 Å². The number of hydrogen-bond acceptors (Lipinski definition) is 7. The molecule has 1 aliphatic heterocycles. The summed E-state index contributed by atoms with van der Waals surface area (Å²) in [7, 11) is 0. The first-order valence-corrected chi connectivity index (χ1v) is 7.46. The molecule has 0 saturated carbocycles. The first-order valence-electron chi connectivity index (χ1n) is 6.68. The first-order chi connectivity index (χ1) is 10.1. The van der Waals surface area contributed by atoms with Gasteiger partial charge in [0.15, 0.2) is 0 Å². The maximum Gasteiger partial charge on any atom is 0.267 e. The lowest BCUT2D eigenvalue weighted by Gasteiger charge is -2.16. The molecule has 0 aliphatic carbocycles. The van der Waals surface area contributed by atoms with Gasteiger partial charge in [0.2, 0.25) is 5.88 Å². The van der Waals surface area contributed by atoms with Gasteiger partial charge in [-0.3, -0.25) is 4.79 Å². The van der Waals surface area contributed by atoms with Crippen molar-refractivity contribution < 1.29 is 9.53 Å². The second-order valence-corrected chi connectivity index (χ2v) is 5.73. The van der Waals surface area contributed by atoms with E-state index >= 15 is 0 Å². The van der Waals surface area contributed by atoms with E-state index in [0.717, 1.165) is 23.6 Å². The number of aromatic nitrogens is 4. The number of carbonyl (C=O) groups is 1. The third-order valence-electron chi connectivity index (χ3n) is 3.34. The van der Waals surface area contributed by atoms with Gasteiger partial charge in [0.05, 0.1) is 17.9 Å². The van der Waals surface area contributed by atoms with Crippen molar-refractivity contribution in [3.8, 4) is 5.88 Å². The summed E-state index contributed by atoms with van der Waals surface area (Å²) in [5, 5.41) is 11.8. The number of aryl methyl sites for hydroxylation is 2. The molecule has 0 unspecified atom stereocenters. The zero-order valence-electron chi connectivity index (χ0n) is 11.8. The van der Waals surface area contributed by atoms with Crippen molar-refractivity contribution in [3.63, 3.8) is 0 Å². The molecule has 1 amide bonds. The summed E-state index contributed by atoms with van der Waals surface area (Å²) in [6.07, 6.45) is 0.735. The Morgan fingerprint density at radius 2 is 2.19 bits per heavy atom. The van der Waals surface area contributed by atoms with Gasteiger partial charge >= 0.3 is 0 Å². The fourth-order valence-electron chi connectivity index (χ4n) is 2.20. The highest BCUT2D eigenvalue weighted by Gasteiger charge is 2.30. The molecule has 8 heteroatoms. The van der Waals surface area contributed by atoms with Gasteiger partial charge in [0.25, 0.3) is 5.91 Å². The minimum absolute atomic E-state index is 0.0245. The molecule has 1 atom stereocenters. The van der Waals surface area contributed by atoms with Crippen LogP contribution in [0.4, 0.5) is 0 Å². The third-order valence-corrected chi connectivity index (χ3v) is 4.15. The molecule has 1 saturated heterocycles. The van der Waals surface area contributed by atoms with E-state index < -0.39 is 0 Å². The Morgan fingerprint density at radius 1 is 1.33 bits per heavy atom. The van der Waals surface area contributed by atoms with E-state index in [2.05, 4.69) is 19.8 Å². The van der Waals surface area contributed by atoms with Crippen molar-refractivity contribution in [2.75, 3.05) is 13.1 Å². The Balaban J connectivity index is 1.62. The lowest BCUT2D eigenvalue weighted by Crippen LogP contribution is -2.31. The Morgan fingerprint density at radius 3 is 2.86 bits per heavy atom. The average Bonchev–Trinajstić information content (AvgIpc) is 3.10. The van der Waals surface area contributed by atoms with E-state index in [-0.39, 0.29) is 12.0 Å². The molecule has 21 heavy (non-hydrogen) atoms. The van der Waals surface area contributed by atoms with Crippen LogP contribution in [-0.4, -0.2) is 49.8 Å². The highest BCUT2D eigenvalue weighted by molar-refractivity contribution is 7.07. The molecule has 2 aromatic rings. The molecular weight excluding hydrogens is 290 g/mol. The zero-order chi connectivity index (χ0) is 14.8. The van der Waals surface area contributed by atoms with Crippen LogP contribution in [0.3, 0.4) is 0 Å². The molecule has 2 aromatic heterocycles. The molecular formula is C13H15N5O2S. The molecule has 3 rings (SSSR count). The summed E-state index contributed by atoms with van der Waals surface area (Å²) in [6.45, 7) is 4.88. The van der Waals surface area contributed by atoms with Crippen molar-refractivity contribution in [1.29, 1.82) is 0 Å². The van der Waals surface area contributed by atoms with Crippen molar-refractivity contribution in [3.05, 3.63) is 28.4 Å². The van der Waals surface area contributed by atoms with Crippen LogP contribution < -0.4 is 4.74 Å². The summed E-state index contributed by atoms with van der Waals surface area (Å²) in [4.78, 5) is 14.7. The van der Waals surface area contributed by atoms with Gasteiger partial charge in [0.1, 0.15) is 11.0 Å². The van der Waals surface area contributed by atoms with Crippen molar-refractivity contribution in [2.24, 2.45) is 0 Å². The van der Waals surface area contributed by atoms with Crippen molar-refractivity contribution in [1.82, 2.24) is 24.7 Å². The topological polar surface area (TPSA) is 81.1 Å². The lowest BCUT2D eigenvalue weighted by molar-refractivity contribution is 0.0774. The standard InChI is InChI=1S/C13H15N5O2S/c1-8-3-4-11(16-14-8)20-10-5-6-18(7-10)13(19)12-9(2)15-17-21-12/h3-4,10H,5-7H2,1-2H3/t10-/m1/s1. The largest absolute Gasteiger partial charge is 0.471 e. The van der Waals surface area contributed by atoms with Crippen LogP contribution in [0.5, 0.6) is 5.88 Å². The monoisotopic (exact) mass is 305 g/mol.